The van der Waals surface area contributed by atoms with Crippen molar-refractivity contribution in [1.29, 1.82) is 0 Å². The van der Waals surface area contributed by atoms with Gasteiger partial charge < -0.3 is 4.65 Å². The summed E-state index contributed by atoms with van der Waals surface area (Å²) < 4.78 is 4.82. The normalized spacial score (nSPS) is 11.2. The molecular weight excluding hydrogens is 221 g/mol. The van der Waals surface area contributed by atoms with Crippen molar-refractivity contribution in [2.45, 2.75) is 78.8 Å². The first-order valence-corrected chi connectivity index (χ1v) is 13.3. The van der Waals surface area contributed by atoms with E-state index >= 15 is 0 Å². The van der Waals surface area contributed by atoms with E-state index in [1.54, 1.807) is 0 Å². The minimum absolute atomic E-state index is 0. The van der Waals surface area contributed by atoms with Gasteiger partial charge in [-0.2, -0.15) is 0 Å². The van der Waals surface area contributed by atoms with Gasteiger partial charge in [0.15, 0.2) is 0 Å². The average Bonchev–Trinajstić information content (AvgIpc) is 1.94. The third-order valence-electron chi connectivity index (χ3n) is 1.63. The molecule has 0 saturated heterocycles. The van der Waals surface area contributed by atoms with Crippen molar-refractivity contribution < 1.29 is 18.9 Å². The zero-order chi connectivity index (χ0) is 12.5. The van der Waals surface area contributed by atoms with Crippen molar-refractivity contribution in [3.63, 3.8) is 0 Å². The van der Waals surface area contributed by atoms with Crippen molar-refractivity contribution in [3.05, 3.63) is 4.65 Å². The zero-order valence-electron chi connectivity index (χ0n) is 13.3. The first-order chi connectivity index (χ1) is 6.62. The van der Waals surface area contributed by atoms with Crippen LogP contribution in [0.15, 0.2) is 0 Å². The van der Waals surface area contributed by atoms with Crippen LogP contribution in [0.3, 0.4) is 0 Å². The third kappa shape index (κ3) is 29.4. The van der Waals surface area contributed by atoms with E-state index in [1.807, 2.05) is 0 Å². The Bertz CT molecular complexity index is 123. The van der Waals surface area contributed by atoms with Crippen molar-refractivity contribution in [2.75, 3.05) is 0 Å². The minimum atomic E-state index is -1.11. The molecule has 1 nitrogen and oxygen atoms in total. The van der Waals surface area contributed by atoms with Crippen LogP contribution in [0.4, 0.5) is 0 Å². The van der Waals surface area contributed by atoms with Crippen molar-refractivity contribution in [3.8, 4) is 0 Å². The van der Waals surface area contributed by atoms with E-state index in [0.717, 1.165) is 0 Å². The van der Waals surface area contributed by atoms with E-state index in [-0.39, 0.29) is 18.9 Å². The van der Waals surface area contributed by atoms with Crippen LogP contribution in [0.25, 0.3) is 4.65 Å². The van der Waals surface area contributed by atoms with Gasteiger partial charge in [0.2, 0.25) is 0 Å². The Morgan fingerprint density at radius 1 is 0.688 bits per heavy atom. The molecule has 0 bridgehead atoms. The molecule has 0 atom stereocenters. The molecule has 0 radical (unpaired) electrons. The van der Waals surface area contributed by atoms with Crippen molar-refractivity contribution >= 4 is 16.5 Å². The van der Waals surface area contributed by atoms with Gasteiger partial charge in [0.1, 0.15) is 0 Å². The Hall–Kier alpha value is 0.991. The van der Waals surface area contributed by atoms with Crippen molar-refractivity contribution in [2.24, 2.45) is 0 Å². The molecule has 16 heavy (non-hydrogen) atoms. The average molecular weight is 254 g/mol. The van der Waals surface area contributed by atoms with Gasteiger partial charge >= 0.3 is 18.9 Å². The first-order valence-electron chi connectivity index (χ1n) is 6.36. The zero-order valence-corrected chi connectivity index (χ0v) is 15.3. The summed E-state index contributed by atoms with van der Waals surface area (Å²) in [5.41, 5.74) is 0. The maximum atomic E-state index is 4.82. The van der Waals surface area contributed by atoms with Gasteiger partial charge in [-0.05, 0) is 0 Å². The summed E-state index contributed by atoms with van der Waals surface area (Å²) in [4.78, 5) is 0. The number of rotatable bonds is 5. The second-order valence-corrected chi connectivity index (χ2v) is 15.7. The van der Waals surface area contributed by atoms with E-state index in [0.29, 0.717) is 0 Å². The maximum absolute atomic E-state index is 4.82. The van der Waals surface area contributed by atoms with Crippen LogP contribution >= 0.6 is 0 Å². The van der Waals surface area contributed by atoms with E-state index < -0.39 is 16.5 Å². The molecule has 0 heterocycles. The second-order valence-electron chi connectivity index (χ2n) is 6.16. The Labute approximate surface area is 119 Å². The van der Waals surface area contributed by atoms with Crippen LogP contribution in [0, 0.1) is 0 Å². The van der Waals surface area contributed by atoms with Gasteiger partial charge in [-0.15, -0.1) is 0 Å². The van der Waals surface area contributed by atoms with Crippen molar-refractivity contribution in [1.82, 2.24) is 0 Å². The predicted molar refractivity (Wildman–Crippen MR) is 79.9 cm³/mol. The molecule has 4 heteroatoms. The third-order valence-corrected chi connectivity index (χ3v) is 6.99. The van der Waals surface area contributed by atoms with Crippen LogP contribution in [-0.4, -0.2) is 16.5 Å². The Morgan fingerprint density at radius 2 is 0.938 bits per heavy atom. The van der Waals surface area contributed by atoms with Gasteiger partial charge in [-0.25, -0.2) is 0 Å². The van der Waals surface area contributed by atoms with Gasteiger partial charge in [0.25, 0.3) is 0 Å². The van der Waals surface area contributed by atoms with E-state index in [2.05, 4.69) is 53.1 Å². The van der Waals surface area contributed by atoms with Crippen LogP contribution in [0.2, 0.25) is 39.3 Å². The molecule has 0 rings (SSSR count). The Morgan fingerprint density at radius 3 is 1.00 bits per heavy atom. The molecule has 0 aromatic heterocycles. The molecule has 0 aliphatic heterocycles. The van der Waals surface area contributed by atoms with Crippen LogP contribution in [0.5, 0.6) is 0 Å². The molecule has 0 spiro atoms. The second kappa shape index (κ2) is 11.1. The number of unbranched alkanes of at least 4 members (excludes halogenated alkanes) is 3. The summed E-state index contributed by atoms with van der Waals surface area (Å²) in [5, 5.41) is 0. The fraction of sp³-hybridized carbons (Fsp3) is 1.00. The molecule has 0 aromatic carbocycles. The first kappa shape index (κ1) is 22.2. The SMILES string of the molecule is CCCCCC.C[Si](C)(C)[N-][Si](C)(C)C.[Li+]. The van der Waals surface area contributed by atoms with Gasteiger partial charge in [-0.3, -0.25) is 0 Å². The largest absolute Gasteiger partial charge is 1.00 e. The van der Waals surface area contributed by atoms with Crippen LogP contribution < -0.4 is 18.9 Å². The summed E-state index contributed by atoms with van der Waals surface area (Å²) in [7, 11) is -2.21. The molecule has 0 aromatic rings. The molecule has 0 aliphatic carbocycles. The molecule has 0 N–H and O–H groups in total. The van der Waals surface area contributed by atoms with E-state index in [1.165, 1.54) is 25.7 Å². The Balaban J connectivity index is -0.000000214. The predicted octanol–water partition coefficient (Wildman–Crippen LogP) is 2.62. The fourth-order valence-electron chi connectivity index (χ4n) is 1.51. The Kier molecular flexibility index (Phi) is 15.4. The molecular formula is C12H32LiNSi2. The molecule has 0 saturated carbocycles. The quantitative estimate of drug-likeness (QED) is 0.528. The summed E-state index contributed by atoms with van der Waals surface area (Å²) in [5.74, 6) is 0. The summed E-state index contributed by atoms with van der Waals surface area (Å²) in [6.45, 7) is 18.2. The van der Waals surface area contributed by atoms with Crippen LogP contribution in [0.1, 0.15) is 39.5 Å². The summed E-state index contributed by atoms with van der Waals surface area (Å²) in [6, 6.07) is 0. The minimum Gasteiger partial charge on any atom is -0.668 e. The fourth-order valence-corrected chi connectivity index (χ4v) is 9.56. The number of hydrogen-bond donors (Lipinski definition) is 0. The number of nitrogens with zero attached hydrogens (tertiary/aromatic N) is 1. The standard InChI is InChI=1S/C6H18NSi2.C6H14.Li/c1-8(2,3)7-9(4,5)6;1-3-5-6-4-2;/h1-6H3;3-6H2,1-2H3;/q-1;;+1. The molecule has 94 valence electrons. The maximum Gasteiger partial charge on any atom is 1.00 e. The monoisotopic (exact) mass is 253 g/mol. The molecule has 0 aliphatic rings. The van der Waals surface area contributed by atoms with Gasteiger partial charge in [0, 0.05) is 0 Å². The molecule has 0 unspecified atom stereocenters. The smallest absolute Gasteiger partial charge is 0.668 e. The topological polar surface area (TPSA) is 14.1 Å². The van der Waals surface area contributed by atoms with Gasteiger partial charge in [0.05, 0.1) is 0 Å². The van der Waals surface area contributed by atoms with E-state index in [4.69, 9.17) is 4.65 Å². The molecule has 0 amide bonds. The van der Waals surface area contributed by atoms with Crippen LogP contribution in [-0.2, 0) is 0 Å². The summed E-state index contributed by atoms with van der Waals surface area (Å²) >= 11 is 0. The van der Waals surface area contributed by atoms with E-state index in [9.17, 15) is 0 Å². The summed E-state index contributed by atoms with van der Waals surface area (Å²) in [6.07, 6.45) is 5.54. The molecule has 0 fully saturated rings. The van der Waals surface area contributed by atoms with Gasteiger partial charge in [-0.1, -0.05) is 95.3 Å². The number of hydrogen-bond acceptors (Lipinski definition) is 0.